The van der Waals surface area contributed by atoms with Crippen LogP contribution in [-0.2, 0) is 10.0 Å². The van der Waals surface area contributed by atoms with Crippen molar-refractivity contribution in [2.75, 3.05) is 36.8 Å². The molecular formula is C17H28N2O3S. The van der Waals surface area contributed by atoms with Crippen LogP contribution in [0.1, 0.15) is 33.6 Å². The van der Waals surface area contributed by atoms with Gasteiger partial charge in [0, 0.05) is 31.9 Å². The summed E-state index contributed by atoms with van der Waals surface area (Å²) in [6.45, 7) is 8.62. The van der Waals surface area contributed by atoms with E-state index in [0.717, 1.165) is 37.4 Å². The molecule has 0 bridgehead atoms. The number of unbranched alkanes of at least 4 members (excludes halogenated alkanes) is 1. The van der Waals surface area contributed by atoms with Gasteiger partial charge in [-0.1, -0.05) is 13.3 Å². The highest BCUT2D eigenvalue weighted by Gasteiger charge is 2.26. The summed E-state index contributed by atoms with van der Waals surface area (Å²) in [5.41, 5.74) is 1.12. The average Bonchev–Trinajstić information content (AvgIpc) is 2.53. The van der Waals surface area contributed by atoms with Crippen LogP contribution >= 0.6 is 0 Å². The summed E-state index contributed by atoms with van der Waals surface area (Å²) in [6.07, 6.45) is 1.81. The molecule has 0 atom stereocenters. The zero-order valence-corrected chi connectivity index (χ0v) is 15.2. The molecule has 0 N–H and O–H groups in total. The minimum absolute atomic E-state index is 0.165. The summed E-state index contributed by atoms with van der Waals surface area (Å²) >= 11 is 0. The molecule has 0 amide bonds. The SMILES string of the molecule is CCCCS(=O)(=O)N1CCN(c2ccc(OC(C)C)cc2)CC1. The van der Waals surface area contributed by atoms with Crippen molar-refractivity contribution in [3.8, 4) is 5.75 Å². The van der Waals surface area contributed by atoms with E-state index < -0.39 is 10.0 Å². The van der Waals surface area contributed by atoms with Gasteiger partial charge >= 0.3 is 0 Å². The van der Waals surface area contributed by atoms with Crippen LogP contribution in [0.3, 0.4) is 0 Å². The second-order valence-electron chi connectivity index (χ2n) is 6.22. The third-order valence-electron chi connectivity index (χ3n) is 3.96. The standard InChI is InChI=1S/C17H28N2O3S/c1-4-5-14-23(20,21)19-12-10-18(11-13-19)16-6-8-17(9-7-16)22-15(2)3/h6-9,15H,4-5,10-14H2,1-3H3. The number of hydrogen-bond acceptors (Lipinski definition) is 4. The lowest BCUT2D eigenvalue weighted by Gasteiger charge is -2.35. The van der Waals surface area contributed by atoms with Crippen LogP contribution in [0.5, 0.6) is 5.75 Å². The Morgan fingerprint density at radius 1 is 1.09 bits per heavy atom. The van der Waals surface area contributed by atoms with Gasteiger partial charge in [-0.3, -0.25) is 0 Å². The number of anilines is 1. The van der Waals surface area contributed by atoms with Crippen molar-refractivity contribution >= 4 is 15.7 Å². The second-order valence-corrected chi connectivity index (χ2v) is 8.30. The Kier molecular flexibility index (Phi) is 6.30. The molecule has 1 aliphatic rings. The van der Waals surface area contributed by atoms with E-state index in [-0.39, 0.29) is 11.9 Å². The van der Waals surface area contributed by atoms with Crippen LogP contribution in [-0.4, -0.2) is 50.8 Å². The molecule has 1 saturated heterocycles. The van der Waals surface area contributed by atoms with Crippen molar-refractivity contribution in [2.45, 2.75) is 39.7 Å². The van der Waals surface area contributed by atoms with Gasteiger partial charge in [-0.15, -0.1) is 0 Å². The Morgan fingerprint density at radius 3 is 2.22 bits per heavy atom. The molecule has 1 aliphatic heterocycles. The summed E-state index contributed by atoms with van der Waals surface area (Å²) < 4.78 is 31.7. The van der Waals surface area contributed by atoms with E-state index in [9.17, 15) is 8.42 Å². The Bertz CT molecular complexity index is 576. The molecular weight excluding hydrogens is 312 g/mol. The van der Waals surface area contributed by atoms with Gasteiger partial charge in [0.2, 0.25) is 10.0 Å². The number of rotatable bonds is 7. The highest BCUT2D eigenvalue weighted by molar-refractivity contribution is 7.89. The molecule has 1 fully saturated rings. The van der Waals surface area contributed by atoms with E-state index >= 15 is 0 Å². The van der Waals surface area contributed by atoms with E-state index in [4.69, 9.17) is 4.74 Å². The lowest BCUT2D eigenvalue weighted by Crippen LogP contribution is -2.49. The van der Waals surface area contributed by atoms with Crippen molar-refractivity contribution in [2.24, 2.45) is 0 Å². The monoisotopic (exact) mass is 340 g/mol. The van der Waals surface area contributed by atoms with Crippen LogP contribution in [0.15, 0.2) is 24.3 Å². The summed E-state index contributed by atoms with van der Waals surface area (Å²) in [6, 6.07) is 8.03. The predicted molar refractivity (Wildman–Crippen MR) is 94.7 cm³/mol. The highest BCUT2D eigenvalue weighted by Crippen LogP contribution is 2.22. The minimum Gasteiger partial charge on any atom is -0.491 e. The van der Waals surface area contributed by atoms with Crippen molar-refractivity contribution < 1.29 is 13.2 Å². The van der Waals surface area contributed by atoms with Gasteiger partial charge < -0.3 is 9.64 Å². The van der Waals surface area contributed by atoms with Crippen molar-refractivity contribution in [3.63, 3.8) is 0 Å². The number of nitrogens with zero attached hydrogens (tertiary/aromatic N) is 2. The van der Waals surface area contributed by atoms with Gasteiger partial charge in [-0.25, -0.2) is 8.42 Å². The molecule has 0 aliphatic carbocycles. The summed E-state index contributed by atoms with van der Waals surface area (Å²) in [7, 11) is -3.08. The third kappa shape index (κ3) is 5.11. The first kappa shape index (κ1) is 18.1. The molecule has 0 unspecified atom stereocenters. The van der Waals surface area contributed by atoms with Gasteiger partial charge in [-0.05, 0) is 44.5 Å². The molecule has 1 heterocycles. The fourth-order valence-electron chi connectivity index (χ4n) is 2.69. The molecule has 2 rings (SSSR count). The van der Waals surface area contributed by atoms with E-state index in [2.05, 4.69) is 4.90 Å². The number of hydrogen-bond donors (Lipinski definition) is 0. The molecule has 5 nitrogen and oxygen atoms in total. The Morgan fingerprint density at radius 2 is 1.70 bits per heavy atom. The van der Waals surface area contributed by atoms with Crippen molar-refractivity contribution in [1.82, 2.24) is 4.31 Å². The lowest BCUT2D eigenvalue weighted by molar-refractivity contribution is 0.242. The van der Waals surface area contributed by atoms with Crippen LogP contribution < -0.4 is 9.64 Å². The first-order valence-electron chi connectivity index (χ1n) is 8.42. The maximum absolute atomic E-state index is 12.2. The smallest absolute Gasteiger partial charge is 0.214 e. The van der Waals surface area contributed by atoms with E-state index in [1.807, 2.05) is 45.0 Å². The van der Waals surface area contributed by atoms with Gasteiger partial charge in [0.15, 0.2) is 0 Å². The molecule has 6 heteroatoms. The first-order chi connectivity index (χ1) is 10.9. The number of ether oxygens (including phenoxy) is 1. The van der Waals surface area contributed by atoms with Crippen LogP contribution in [0.25, 0.3) is 0 Å². The van der Waals surface area contributed by atoms with Crippen molar-refractivity contribution in [3.05, 3.63) is 24.3 Å². The molecule has 130 valence electrons. The van der Waals surface area contributed by atoms with Gasteiger partial charge in [0.05, 0.1) is 11.9 Å². The fraction of sp³-hybridized carbons (Fsp3) is 0.647. The molecule has 1 aromatic carbocycles. The molecule has 0 aromatic heterocycles. The van der Waals surface area contributed by atoms with E-state index in [0.29, 0.717) is 13.1 Å². The zero-order valence-electron chi connectivity index (χ0n) is 14.4. The molecule has 0 radical (unpaired) electrons. The third-order valence-corrected chi connectivity index (χ3v) is 5.92. The van der Waals surface area contributed by atoms with Crippen LogP contribution in [0, 0.1) is 0 Å². The lowest BCUT2D eigenvalue weighted by atomic mass is 10.2. The second kappa shape index (κ2) is 8.02. The molecule has 23 heavy (non-hydrogen) atoms. The van der Waals surface area contributed by atoms with Crippen LogP contribution in [0.2, 0.25) is 0 Å². The normalized spacial score (nSPS) is 16.8. The summed E-state index contributed by atoms with van der Waals surface area (Å²) in [4.78, 5) is 2.23. The quantitative estimate of drug-likeness (QED) is 0.766. The van der Waals surface area contributed by atoms with Gasteiger partial charge in [0.25, 0.3) is 0 Å². The highest BCUT2D eigenvalue weighted by atomic mass is 32.2. The zero-order chi connectivity index (χ0) is 16.9. The fourth-order valence-corrected chi connectivity index (χ4v) is 4.32. The molecule has 0 spiro atoms. The predicted octanol–water partition coefficient (Wildman–Crippen LogP) is 2.73. The molecule has 1 aromatic rings. The van der Waals surface area contributed by atoms with Gasteiger partial charge in [-0.2, -0.15) is 4.31 Å². The topological polar surface area (TPSA) is 49.9 Å². The maximum atomic E-state index is 12.2. The Labute approximate surface area is 140 Å². The first-order valence-corrected chi connectivity index (χ1v) is 10.0. The summed E-state index contributed by atoms with van der Waals surface area (Å²) in [5.74, 6) is 1.13. The average molecular weight is 340 g/mol. The Hall–Kier alpha value is -1.27. The number of benzene rings is 1. The number of sulfonamides is 1. The largest absolute Gasteiger partial charge is 0.491 e. The van der Waals surface area contributed by atoms with Crippen molar-refractivity contribution in [1.29, 1.82) is 0 Å². The van der Waals surface area contributed by atoms with E-state index in [1.54, 1.807) is 4.31 Å². The van der Waals surface area contributed by atoms with E-state index in [1.165, 1.54) is 0 Å². The van der Waals surface area contributed by atoms with Crippen LogP contribution in [0.4, 0.5) is 5.69 Å². The maximum Gasteiger partial charge on any atom is 0.214 e. The summed E-state index contributed by atoms with van der Waals surface area (Å²) in [5, 5.41) is 0. The number of piperazine rings is 1. The Balaban J connectivity index is 1.91. The van der Waals surface area contributed by atoms with Gasteiger partial charge in [0.1, 0.15) is 5.75 Å². The molecule has 0 saturated carbocycles. The minimum atomic E-state index is -3.08.